The lowest BCUT2D eigenvalue weighted by molar-refractivity contribution is -0.121. The second-order valence-corrected chi connectivity index (χ2v) is 4.84. The summed E-state index contributed by atoms with van der Waals surface area (Å²) >= 11 is 0. The number of carbonyl (C=O) groups excluding carboxylic acids is 2. The third-order valence-electron chi connectivity index (χ3n) is 3.18. The van der Waals surface area contributed by atoms with Gasteiger partial charge in [0.2, 0.25) is 5.91 Å². The van der Waals surface area contributed by atoms with Crippen LogP contribution in [0.25, 0.3) is 0 Å². The van der Waals surface area contributed by atoms with Crippen LogP contribution in [0.1, 0.15) is 35.4 Å². The van der Waals surface area contributed by atoms with Crippen molar-refractivity contribution in [2.75, 3.05) is 6.54 Å². The van der Waals surface area contributed by atoms with Gasteiger partial charge in [-0.3, -0.25) is 9.59 Å². The SMILES string of the molecule is O=C(CCC(=O)c1ccco1)NCCCc1ccccc1. The molecule has 1 heterocycles. The normalized spacial score (nSPS) is 10.3. The van der Waals surface area contributed by atoms with Crippen molar-refractivity contribution in [3.05, 3.63) is 60.1 Å². The number of ketones is 1. The molecule has 1 N–H and O–H groups in total. The smallest absolute Gasteiger partial charge is 0.220 e. The molecule has 0 atom stereocenters. The van der Waals surface area contributed by atoms with Crippen LogP contribution in [0.5, 0.6) is 0 Å². The lowest BCUT2D eigenvalue weighted by atomic mass is 10.1. The average Bonchev–Trinajstić information content (AvgIpc) is 3.05. The first-order valence-corrected chi connectivity index (χ1v) is 7.13. The summed E-state index contributed by atoms with van der Waals surface area (Å²) in [7, 11) is 0. The summed E-state index contributed by atoms with van der Waals surface area (Å²) < 4.78 is 4.99. The zero-order chi connectivity index (χ0) is 14.9. The number of carbonyl (C=O) groups is 2. The van der Waals surface area contributed by atoms with Gasteiger partial charge in [0.1, 0.15) is 0 Å². The Bertz CT molecular complexity index is 561. The van der Waals surface area contributed by atoms with Crippen LogP contribution < -0.4 is 5.32 Å². The van der Waals surface area contributed by atoms with E-state index < -0.39 is 0 Å². The van der Waals surface area contributed by atoms with Crippen molar-refractivity contribution in [2.45, 2.75) is 25.7 Å². The Morgan fingerprint density at radius 2 is 1.81 bits per heavy atom. The fraction of sp³-hybridized carbons (Fsp3) is 0.294. The highest BCUT2D eigenvalue weighted by molar-refractivity contribution is 5.95. The number of benzene rings is 1. The van der Waals surface area contributed by atoms with Gasteiger partial charge in [0.15, 0.2) is 11.5 Å². The molecule has 2 aromatic rings. The summed E-state index contributed by atoms with van der Waals surface area (Å²) in [4.78, 5) is 23.3. The predicted octanol–water partition coefficient (Wildman–Crippen LogP) is 2.99. The maximum absolute atomic E-state index is 11.7. The molecule has 21 heavy (non-hydrogen) atoms. The predicted molar refractivity (Wildman–Crippen MR) is 80.0 cm³/mol. The van der Waals surface area contributed by atoms with Crippen molar-refractivity contribution in [3.8, 4) is 0 Å². The van der Waals surface area contributed by atoms with Crippen LogP contribution in [-0.2, 0) is 11.2 Å². The van der Waals surface area contributed by atoms with E-state index in [1.165, 1.54) is 11.8 Å². The minimum Gasteiger partial charge on any atom is -0.461 e. The molecule has 0 saturated carbocycles. The van der Waals surface area contributed by atoms with Gasteiger partial charge in [-0.15, -0.1) is 0 Å². The zero-order valence-corrected chi connectivity index (χ0v) is 11.9. The van der Waals surface area contributed by atoms with Crippen LogP contribution in [-0.4, -0.2) is 18.2 Å². The minimum absolute atomic E-state index is 0.0945. The molecule has 0 aliphatic heterocycles. The summed E-state index contributed by atoms with van der Waals surface area (Å²) in [5.74, 6) is 0.0780. The van der Waals surface area contributed by atoms with Gasteiger partial charge in [-0.25, -0.2) is 0 Å². The molecule has 4 nitrogen and oxygen atoms in total. The first-order chi connectivity index (χ1) is 10.3. The molecule has 0 radical (unpaired) electrons. The molecule has 0 bridgehead atoms. The number of aryl methyl sites for hydroxylation is 1. The molecule has 0 fully saturated rings. The van der Waals surface area contributed by atoms with Crippen molar-refractivity contribution >= 4 is 11.7 Å². The Morgan fingerprint density at radius 1 is 1.00 bits per heavy atom. The Hall–Kier alpha value is -2.36. The lowest BCUT2D eigenvalue weighted by Crippen LogP contribution is -2.25. The van der Waals surface area contributed by atoms with Gasteiger partial charge in [-0.05, 0) is 30.5 Å². The molecule has 0 aliphatic rings. The van der Waals surface area contributed by atoms with Gasteiger partial charge in [-0.2, -0.15) is 0 Å². The van der Waals surface area contributed by atoms with Gasteiger partial charge < -0.3 is 9.73 Å². The fourth-order valence-electron chi connectivity index (χ4n) is 2.04. The summed E-state index contributed by atoms with van der Waals surface area (Å²) in [6.07, 6.45) is 3.66. The summed E-state index contributed by atoms with van der Waals surface area (Å²) in [5.41, 5.74) is 1.26. The first-order valence-electron chi connectivity index (χ1n) is 7.13. The van der Waals surface area contributed by atoms with Gasteiger partial charge in [0, 0.05) is 19.4 Å². The van der Waals surface area contributed by atoms with E-state index in [0.717, 1.165) is 12.8 Å². The van der Waals surface area contributed by atoms with Gasteiger partial charge in [0.05, 0.1) is 6.26 Å². The summed E-state index contributed by atoms with van der Waals surface area (Å²) in [6.45, 7) is 0.628. The Morgan fingerprint density at radius 3 is 2.52 bits per heavy atom. The molecular formula is C17H19NO3. The summed E-state index contributed by atoms with van der Waals surface area (Å²) in [6, 6.07) is 13.4. The molecular weight excluding hydrogens is 266 g/mol. The number of furan rings is 1. The Kier molecular flexibility index (Phi) is 5.76. The molecule has 1 aromatic carbocycles. The van der Waals surface area contributed by atoms with Crippen LogP contribution in [0, 0.1) is 0 Å². The van der Waals surface area contributed by atoms with Crippen LogP contribution in [0.3, 0.4) is 0 Å². The van der Waals surface area contributed by atoms with Crippen LogP contribution in [0.15, 0.2) is 53.1 Å². The Labute approximate surface area is 124 Å². The first kappa shape index (κ1) is 15.0. The van der Waals surface area contributed by atoms with Gasteiger partial charge in [-0.1, -0.05) is 30.3 Å². The van der Waals surface area contributed by atoms with Crippen molar-refractivity contribution in [1.82, 2.24) is 5.32 Å². The highest BCUT2D eigenvalue weighted by Crippen LogP contribution is 2.06. The molecule has 0 aliphatic carbocycles. The number of hydrogen-bond donors (Lipinski definition) is 1. The quantitative estimate of drug-likeness (QED) is 0.599. The van der Waals surface area contributed by atoms with E-state index in [1.807, 2.05) is 18.2 Å². The number of amides is 1. The van der Waals surface area contributed by atoms with E-state index in [0.29, 0.717) is 12.3 Å². The maximum Gasteiger partial charge on any atom is 0.220 e. The fourth-order valence-corrected chi connectivity index (χ4v) is 2.04. The standard InChI is InChI=1S/C17H19NO3/c19-15(16-9-5-13-21-16)10-11-17(20)18-12-4-8-14-6-2-1-3-7-14/h1-3,5-7,9,13H,4,8,10-12H2,(H,18,20). The monoisotopic (exact) mass is 285 g/mol. The van der Waals surface area contributed by atoms with Crippen LogP contribution in [0.4, 0.5) is 0 Å². The molecule has 4 heteroatoms. The molecule has 0 spiro atoms. The highest BCUT2D eigenvalue weighted by Gasteiger charge is 2.10. The minimum atomic E-state index is -0.139. The molecule has 0 saturated heterocycles. The molecule has 1 aromatic heterocycles. The van der Waals surface area contributed by atoms with Crippen molar-refractivity contribution < 1.29 is 14.0 Å². The van der Waals surface area contributed by atoms with Gasteiger partial charge in [0.25, 0.3) is 0 Å². The lowest BCUT2D eigenvalue weighted by Gasteiger charge is -2.05. The maximum atomic E-state index is 11.7. The van der Waals surface area contributed by atoms with Crippen LogP contribution >= 0.6 is 0 Å². The number of Topliss-reactive ketones (excluding diaryl/α,β-unsaturated/α-hetero) is 1. The van der Waals surface area contributed by atoms with Gasteiger partial charge >= 0.3 is 0 Å². The van der Waals surface area contributed by atoms with E-state index >= 15 is 0 Å². The van der Waals surface area contributed by atoms with Crippen molar-refractivity contribution in [3.63, 3.8) is 0 Å². The number of hydrogen-bond acceptors (Lipinski definition) is 3. The molecule has 1 amide bonds. The Balaban J connectivity index is 1.59. The molecule has 110 valence electrons. The molecule has 2 rings (SSSR count). The van der Waals surface area contributed by atoms with E-state index in [4.69, 9.17) is 4.42 Å². The average molecular weight is 285 g/mol. The third kappa shape index (κ3) is 5.26. The second kappa shape index (κ2) is 8.04. The molecule has 0 unspecified atom stereocenters. The van der Waals surface area contributed by atoms with Crippen molar-refractivity contribution in [1.29, 1.82) is 0 Å². The van der Waals surface area contributed by atoms with E-state index in [-0.39, 0.29) is 24.5 Å². The summed E-state index contributed by atoms with van der Waals surface area (Å²) in [5, 5.41) is 2.83. The number of nitrogens with one attached hydrogen (secondary N) is 1. The van der Waals surface area contributed by atoms with Crippen LogP contribution in [0.2, 0.25) is 0 Å². The van der Waals surface area contributed by atoms with Crippen molar-refractivity contribution in [2.24, 2.45) is 0 Å². The van der Waals surface area contributed by atoms with E-state index in [1.54, 1.807) is 12.1 Å². The highest BCUT2D eigenvalue weighted by atomic mass is 16.3. The van der Waals surface area contributed by atoms with E-state index in [9.17, 15) is 9.59 Å². The second-order valence-electron chi connectivity index (χ2n) is 4.84. The number of rotatable bonds is 8. The van der Waals surface area contributed by atoms with E-state index in [2.05, 4.69) is 17.4 Å². The largest absolute Gasteiger partial charge is 0.461 e. The zero-order valence-electron chi connectivity index (χ0n) is 11.9. The third-order valence-corrected chi connectivity index (χ3v) is 3.18. The topological polar surface area (TPSA) is 59.3 Å².